The Labute approximate surface area is 127 Å². The monoisotopic (exact) mass is 290 g/mol. The van der Waals surface area contributed by atoms with Crippen LogP contribution in [0.2, 0.25) is 0 Å². The van der Waals surface area contributed by atoms with Crippen molar-refractivity contribution >= 4 is 12.1 Å². The van der Waals surface area contributed by atoms with Gasteiger partial charge in [-0.15, -0.1) is 0 Å². The molecule has 0 saturated heterocycles. The van der Waals surface area contributed by atoms with E-state index in [-0.39, 0.29) is 5.91 Å². The Bertz CT molecular complexity index is 427. The van der Waals surface area contributed by atoms with Crippen LogP contribution in [0.3, 0.4) is 0 Å². The molecule has 0 heterocycles. The van der Waals surface area contributed by atoms with E-state index in [0.29, 0.717) is 13.0 Å². The van der Waals surface area contributed by atoms with Crippen LogP contribution < -0.4 is 10.2 Å². The smallest absolute Gasteiger partial charge is 0.240 e. The number of ether oxygens (including phenoxy) is 1. The van der Waals surface area contributed by atoms with Gasteiger partial charge in [0.15, 0.2) is 0 Å². The first-order chi connectivity index (χ1) is 10.3. The molecule has 0 aromatic heterocycles. The van der Waals surface area contributed by atoms with Crippen molar-refractivity contribution in [3.05, 3.63) is 29.8 Å². The van der Waals surface area contributed by atoms with Gasteiger partial charge in [-0.1, -0.05) is 32.6 Å². The van der Waals surface area contributed by atoms with E-state index in [4.69, 9.17) is 4.74 Å². The molecule has 0 spiro atoms. The summed E-state index contributed by atoms with van der Waals surface area (Å²) in [6.07, 6.45) is 7.92. The Morgan fingerprint density at radius 1 is 1.14 bits per heavy atom. The molecule has 4 heteroatoms. The van der Waals surface area contributed by atoms with Gasteiger partial charge >= 0.3 is 0 Å². The molecule has 0 unspecified atom stereocenters. The highest BCUT2D eigenvalue weighted by Crippen LogP contribution is 2.10. The predicted octanol–water partition coefficient (Wildman–Crippen LogP) is 3.90. The van der Waals surface area contributed by atoms with Crippen molar-refractivity contribution in [3.63, 3.8) is 0 Å². The number of hydrogen-bond donors (Lipinski definition) is 1. The van der Waals surface area contributed by atoms with E-state index in [0.717, 1.165) is 24.2 Å². The summed E-state index contributed by atoms with van der Waals surface area (Å²) in [6.45, 7) is 4.79. The maximum absolute atomic E-state index is 11.6. The summed E-state index contributed by atoms with van der Waals surface area (Å²) >= 11 is 0. The number of hydrogen-bond acceptors (Lipinski definition) is 3. The average molecular weight is 290 g/mol. The molecule has 1 aromatic rings. The quantitative estimate of drug-likeness (QED) is 0.404. The van der Waals surface area contributed by atoms with Gasteiger partial charge in [0.25, 0.3) is 0 Å². The number of hydrazone groups is 1. The number of carbonyl (C=O) groups excluding carboxylic acids is 1. The average Bonchev–Trinajstić information content (AvgIpc) is 2.49. The highest BCUT2D eigenvalue weighted by molar-refractivity contribution is 5.82. The highest BCUT2D eigenvalue weighted by atomic mass is 16.5. The van der Waals surface area contributed by atoms with Gasteiger partial charge in [0.05, 0.1) is 12.8 Å². The molecule has 21 heavy (non-hydrogen) atoms. The summed E-state index contributed by atoms with van der Waals surface area (Å²) in [4.78, 5) is 11.6. The molecule has 0 bridgehead atoms. The molecule has 0 aliphatic carbocycles. The van der Waals surface area contributed by atoms with Crippen molar-refractivity contribution in [2.75, 3.05) is 6.61 Å². The van der Waals surface area contributed by atoms with Crippen LogP contribution in [-0.2, 0) is 4.79 Å². The van der Waals surface area contributed by atoms with Crippen molar-refractivity contribution < 1.29 is 9.53 Å². The fourth-order valence-corrected chi connectivity index (χ4v) is 1.94. The number of rotatable bonds is 10. The van der Waals surface area contributed by atoms with E-state index in [1.807, 2.05) is 31.2 Å². The lowest BCUT2D eigenvalue weighted by atomic mass is 10.1. The Hall–Kier alpha value is -1.84. The van der Waals surface area contributed by atoms with E-state index < -0.39 is 0 Å². The van der Waals surface area contributed by atoms with Crippen molar-refractivity contribution in [2.24, 2.45) is 5.10 Å². The number of nitrogens with one attached hydrogen (secondary N) is 1. The van der Waals surface area contributed by atoms with Crippen molar-refractivity contribution in [1.29, 1.82) is 0 Å². The minimum Gasteiger partial charge on any atom is -0.494 e. The van der Waals surface area contributed by atoms with Crippen molar-refractivity contribution in [1.82, 2.24) is 5.43 Å². The number of carbonyl (C=O) groups is 1. The third-order valence-corrected chi connectivity index (χ3v) is 3.10. The van der Waals surface area contributed by atoms with Crippen LogP contribution in [0.1, 0.15) is 57.9 Å². The van der Waals surface area contributed by atoms with E-state index >= 15 is 0 Å². The third-order valence-electron chi connectivity index (χ3n) is 3.10. The Kier molecular flexibility index (Phi) is 8.93. The molecule has 1 rings (SSSR count). The van der Waals surface area contributed by atoms with Gasteiger partial charge in [-0.05, 0) is 43.2 Å². The van der Waals surface area contributed by atoms with Crippen molar-refractivity contribution in [3.8, 4) is 5.75 Å². The summed E-state index contributed by atoms with van der Waals surface area (Å²) in [6, 6.07) is 7.59. The molecule has 1 aromatic carbocycles. The van der Waals surface area contributed by atoms with E-state index in [9.17, 15) is 4.79 Å². The molecule has 0 aliphatic heterocycles. The van der Waals surface area contributed by atoms with E-state index in [2.05, 4.69) is 17.5 Å². The van der Waals surface area contributed by atoms with E-state index in [1.54, 1.807) is 6.21 Å². The van der Waals surface area contributed by atoms with Gasteiger partial charge in [0.2, 0.25) is 5.91 Å². The Balaban J connectivity index is 2.22. The standard InChI is InChI=1S/C17H26N2O2/c1-3-5-6-7-8-9-17(20)19-18-14-15-10-12-16(13-11-15)21-4-2/h10-14H,3-9H2,1-2H3,(H,19,20). The van der Waals surface area contributed by atoms with Gasteiger partial charge in [0, 0.05) is 6.42 Å². The van der Waals surface area contributed by atoms with E-state index in [1.165, 1.54) is 19.3 Å². The predicted molar refractivity (Wildman–Crippen MR) is 86.7 cm³/mol. The molecule has 1 N–H and O–H groups in total. The maximum atomic E-state index is 11.6. The Morgan fingerprint density at radius 3 is 2.52 bits per heavy atom. The molecule has 0 fully saturated rings. The molecule has 0 radical (unpaired) electrons. The molecule has 0 saturated carbocycles. The summed E-state index contributed by atoms with van der Waals surface area (Å²) in [5.41, 5.74) is 3.49. The summed E-state index contributed by atoms with van der Waals surface area (Å²) < 4.78 is 5.36. The van der Waals surface area contributed by atoms with Crippen LogP contribution in [0.5, 0.6) is 5.75 Å². The van der Waals surface area contributed by atoms with Crippen LogP contribution >= 0.6 is 0 Å². The second-order valence-electron chi connectivity index (χ2n) is 4.96. The van der Waals surface area contributed by atoms with Gasteiger partial charge < -0.3 is 4.74 Å². The fourth-order valence-electron chi connectivity index (χ4n) is 1.94. The minimum absolute atomic E-state index is 0.0197. The number of unbranched alkanes of at least 4 members (excludes halogenated alkanes) is 4. The van der Waals surface area contributed by atoms with Crippen LogP contribution in [0, 0.1) is 0 Å². The lowest BCUT2D eigenvalue weighted by molar-refractivity contribution is -0.121. The second-order valence-corrected chi connectivity index (χ2v) is 4.96. The zero-order valence-electron chi connectivity index (χ0n) is 13.1. The minimum atomic E-state index is -0.0197. The first kappa shape index (κ1) is 17.2. The molecule has 0 aliphatic rings. The van der Waals surface area contributed by atoms with Gasteiger partial charge in [-0.25, -0.2) is 5.43 Å². The molecule has 0 atom stereocenters. The zero-order valence-corrected chi connectivity index (χ0v) is 13.1. The number of amides is 1. The van der Waals surface area contributed by atoms with Crippen LogP contribution in [0.4, 0.5) is 0 Å². The molecule has 1 amide bonds. The second kappa shape index (κ2) is 10.9. The Morgan fingerprint density at radius 2 is 1.86 bits per heavy atom. The number of benzene rings is 1. The summed E-state index contributed by atoms with van der Waals surface area (Å²) in [5.74, 6) is 0.819. The van der Waals surface area contributed by atoms with Gasteiger partial charge in [0.1, 0.15) is 5.75 Å². The lowest BCUT2D eigenvalue weighted by Crippen LogP contribution is -2.16. The molecule has 116 valence electrons. The van der Waals surface area contributed by atoms with Crippen LogP contribution in [0.25, 0.3) is 0 Å². The first-order valence-corrected chi connectivity index (χ1v) is 7.81. The largest absolute Gasteiger partial charge is 0.494 e. The normalized spacial score (nSPS) is 10.8. The topological polar surface area (TPSA) is 50.7 Å². The first-order valence-electron chi connectivity index (χ1n) is 7.81. The van der Waals surface area contributed by atoms with Gasteiger partial charge in [-0.2, -0.15) is 5.10 Å². The van der Waals surface area contributed by atoms with Gasteiger partial charge in [-0.3, -0.25) is 4.79 Å². The third kappa shape index (κ3) is 8.12. The molecule has 4 nitrogen and oxygen atoms in total. The lowest BCUT2D eigenvalue weighted by Gasteiger charge is -2.02. The summed E-state index contributed by atoms with van der Waals surface area (Å²) in [7, 11) is 0. The molecular weight excluding hydrogens is 264 g/mol. The van der Waals surface area contributed by atoms with Crippen molar-refractivity contribution in [2.45, 2.75) is 52.4 Å². The fraction of sp³-hybridized carbons (Fsp3) is 0.529. The zero-order chi connectivity index (χ0) is 15.3. The SMILES string of the molecule is CCCCCCCC(=O)NN=Cc1ccc(OCC)cc1. The molecular formula is C17H26N2O2. The maximum Gasteiger partial charge on any atom is 0.240 e. The summed E-state index contributed by atoms with van der Waals surface area (Å²) in [5, 5.41) is 3.97. The number of nitrogens with zero attached hydrogens (tertiary/aromatic N) is 1. The van der Waals surface area contributed by atoms with Crippen LogP contribution in [0.15, 0.2) is 29.4 Å². The van der Waals surface area contributed by atoms with Crippen LogP contribution in [-0.4, -0.2) is 18.7 Å². The highest BCUT2D eigenvalue weighted by Gasteiger charge is 1.99.